The van der Waals surface area contributed by atoms with Crippen molar-refractivity contribution >= 4 is 33.5 Å². The minimum Gasteiger partial charge on any atom is -0.382 e. The predicted molar refractivity (Wildman–Crippen MR) is 110 cm³/mol. The minimum atomic E-state index is -4.50. The zero-order valence-electron chi connectivity index (χ0n) is 17.1. The van der Waals surface area contributed by atoms with Gasteiger partial charge in [0, 0.05) is 36.6 Å². The second kappa shape index (κ2) is 7.74. The van der Waals surface area contributed by atoms with E-state index >= 15 is 0 Å². The molecule has 1 amide bonds. The Labute approximate surface area is 179 Å². The van der Waals surface area contributed by atoms with Crippen molar-refractivity contribution in [2.75, 3.05) is 12.3 Å². The van der Waals surface area contributed by atoms with Crippen molar-refractivity contribution in [1.82, 2.24) is 24.6 Å². The Hall–Kier alpha value is -3.76. The van der Waals surface area contributed by atoms with E-state index in [1.807, 2.05) is 0 Å². The molecule has 2 N–H and O–H groups in total. The Morgan fingerprint density at radius 1 is 1.19 bits per heavy atom. The maximum atomic E-state index is 14.8. The molecule has 0 bridgehead atoms. The van der Waals surface area contributed by atoms with Crippen LogP contribution in [0.5, 0.6) is 0 Å². The van der Waals surface area contributed by atoms with Crippen LogP contribution in [0.4, 0.5) is 23.4 Å². The van der Waals surface area contributed by atoms with Gasteiger partial charge in [0.05, 0.1) is 35.1 Å². The Morgan fingerprint density at radius 2 is 1.94 bits per heavy atom. The molecule has 0 fully saturated rings. The van der Waals surface area contributed by atoms with Gasteiger partial charge in [-0.2, -0.15) is 18.3 Å². The number of nitrogens with two attached hydrogens (primary N) is 1. The number of aryl methyl sites for hydroxylation is 1. The number of aromatic nitrogens is 4. The van der Waals surface area contributed by atoms with Crippen LogP contribution in [-0.2, 0) is 19.8 Å². The fourth-order valence-electron chi connectivity index (χ4n) is 3.53. The summed E-state index contributed by atoms with van der Waals surface area (Å²) in [5, 5.41) is 5.29. The molecule has 11 heteroatoms. The van der Waals surface area contributed by atoms with Crippen LogP contribution in [0.2, 0.25) is 0 Å². The molecule has 0 radical (unpaired) electrons. The number of halogens is 4. The summed E-state index contributed by atoms with van der Waals surface area (Å²) < 4.78 is 54.6. The third kappa shape index (κ3) is 3.70. The van der Waals surface area contributed by atoms with Gasteiger partial charge in [-0.25, -0.2) is 9.37 Å². The number of pyridine rings is 2. The molecule has 7 nitrogen and oxygen atoms in total. The van der Waals surface area contributed by atoms with Crippen molar-refractivity contribution in [3.63, 3.8) is 0 Å². The first-order valence-corrected chi connectivity index (χ1v) is 9.62. The average Bonchev–Trinajstić information content (AvgIpc) is 3.13. The van der Waals surface area contributed by atoms with Crippen LogP contribution in [0.3, 0.4) is 0 Å². The van der Waals surface area contributed by atoms with Gasteiger partial charge >= 0.3 is 6.18 Å². The van der Waals surface area contributed by atoms with E-state index in [1.165, 1.54) is 21.7 Å². The lowest BCUT2D eigenvalue weighted by molar-refractivity contribution is -0.137. The number of fused-ring (bicyclic) bond motifs is 3. The molecule has 0 saturated carbocycles. The summed E-state index contributed by atoms with van der Waals surface area (Å²) in [5.41, 5.74) is 5.97. The van der Waals surface area contributed by atoms with Crippen molar-refractivity contribution in [3.8, 4) is 0 Å². The molecule has 166 valence electrons. The van der Waals surface area contributed by atoms with Crippen molar-refractivity contribution < 1.29 is 22.4 Å². The van der Waals surface area contributed by atoms with Crippen LogP contribution in [0.1, 0.15) is 28.5 Å². The summed E-state index contributed by atoms with van der Waals surface area (Å²) in [5.74, 6) is -1.21. The summed E-state index contributed by atoms with van der Waals surface area (Å²) >= 11 is 0. The Balaban J connectivity index is 1.70. The monoisotopic (exact) mass is 446 g/mol. The number of carbonyl (C=O) groups excluding carboxylic acids is 1. The van der Waals surface area contributed by atoms with Gasteiger partial charge < -0.3 is 10.6 Å². The molecule has 0 aliphatic carbocycles. The smallest absolute Gasteiger partial charge is 0.382 e. The van der Waals surface area contributed by atoms with Gasteiger partial charge in [0.1, 0.15) is 17.2 Å². The highest BCUT2D eigenvalue weighted by atomic mass is 19.4. The molecule has 0 aliphatic heterocycles. The number of nitrogen functional groups attached to an aromatic ring is 1. The molecular weight excluding hydrogens is 428 g/mol. The third-order valence-electron chi connectivity index (χ3n) is 5.20. The number of rotatable bonds is 4. The lowest BCUT2D eigenvalue weighted by atomic mass is 10.1. The lowest BCUT2D eigenvalue weighted by Crippen LogP contribution is -2.31. The Kier molecular flexibility index (Phi) is 5.19. The van der Waals surface area contributed by atoms with Crippen LogP contribution in [-0.4, -0.2) is 37.1 Å². The molecule has 32 heavy (non-hydrogen) atoms. The third-order valence-corrected chi connectivity index (χ3v) is 5.20. The standard InChI is InChI=1S/C21H18F4N6O/c1-3-31(10-12-5-4-11(8-27-12)21(23,24)25)20(32)14-6-13-15-9-28-30(2)18(15)19(26)29-17(13)7-16(14)22/h4-9H,3,10H2,1-2H3,(H2,26,29). The predicted octanol–water partition coefficient (Wildman–Crippen LogP) is 3.92. The number of nitrogens with zero attached hydrogens (tertiary/aromatic N) is 5. The van der Waals surface area contributed by atoms with E-state index in [-0.39, 0.29) is 35.7 Å². The van der Waals surface area contributed by atoms with E-state index < -0.39 is 23.5 Å². The molecule has 3 heterocycles. The molecular formula is C21H18F4N6O. The highest BCUT2D eigenvalue weighted by Gasteiger charge is 2.31. The number of alkyl halides is 3. The number of amides is 1. The topological polar surface area (TPSA) is 89.9 Å². The van der Waals surface area contributed by atoms with Crippen LogP contribution in [0.25, 0.3) is 21.8 Å². The molecule has 1 aromatic carbocycles. The van der Waals surface area contributed by atoms with Crippen molar-refractivity contribution in [3.05, 3.63) is 59.3 Å². The summed E-state index contributed by atoms with van der Waals surface area (Å²) in [7, 11) is 1.69. The highest BCUT2D eigenvalue weighted by molar-refractivity contribution is 6.10. The summed E-state index contributed by atoms with van der Waals surface area (Å²) in [4.78, 5) is 22.4. The lowest BCUT2D eigenvalue weighted by Gasteiger charge is -2.21. The molecule has 0 spiro atoms. The van der Waals surface area contributed by atoms with Crippen LogP contribution in [0, 0.1) is 5.82 Å². The van der Waals surface area contributed by atoms with Crippen LogP contribution in [0.15, 0.2) is 36.7 Å². The molecule has 0 saturated heterocycles. The normalized spacial score (nSPS) is 11.9. The van der Waals surface area contributed by atoms with Crippen LogP contribution >= 0.6 is 0 Å². The Bertz CT molecular complexity index is 1330. The van der Waals surface area contributed by atoms with Crippen molar-refractivity contribution in [1.29, 1.82) is 0 Å². The first kappa shape index (κ1) is 21.5. The van der Waals surface area contributed by atoms with E-state index in [1.54, 1.807) is 20.2 Å². The maximum Gasteiger partial charge on any atom is 0.417 e. The highest BCUT2D eigenvalue weighted by Crippen LogP contribution is 2.30. The van der Waals surface area contributed by atoms with Gasteiger partial charge in [-0.05, 0) is 25.1 Å². The van der Waals surface area contributed by atoms with E-state index in [4.69, 9.17) is 5.73 Å². The minimum absolute atomic E-state index is 0.0762. The number of anilines is 1. The summed E-state index contributed by atoms with van der Waals surface area (Å²) in [6.45, 7) is 1.80. The van der Waals surface area contributed by atoms with E-state index in [2.05, 4.69) is 15.1 Å². The van der Waals surface area contributed by atoms with Gasteiger partial charge in [-0.15, -0.1) is 0 Å². The number of carbonyl (C=O) groups is 1. The first-order chi connectivity index (χ1) is 15.1. The number of hydrogen-bond acceptors (Lipinski definition) is 5. The van der Waals surface area contributed by atoms with E-state index in [0.717, 1.165) is 12.1 Å². The fourth-order valence-corrected chi connectivity index (χ4v) is 3.53. The quantitative estimate of drug-likeness (QED) is 0.480. The fraction of sp³-hybridized carbons (Fsp3) is 0.238. The molecule has 3 aromatic heterocycles. The summed E-state index contributed by atoms with van der Waals surface area (Å²) in [6.07, 6.45) is -2.24. The van der Waals surface area contributed by atoms with Crippen molar-refractivity contribution in [2.45, 2.75) is 19.6 Å². The molecule has 4 aromatic rings. The van der Waals surface area contributed by atoms with Crippen LogP contribution < -0.4 is 5.73 Å². The van der Waals surface area contributed by atoms with Gasteiger partial charge in [-0.1, -0.05) is 0 Å². The first-order valence-electron chi connectivity index (χ1n) is 9.62. The number of hydrogen-bond donors (Lipinski definition) is 1. The molecule has 0 aliphatic rings. The zero-order valence-corrected chi connectivity index (χ0v) is 17.1. The molecule has 4 rings (SSSR count). The summed E-state index contributed by atoms with van der Waals surface area (Å²) in [6, 6.07) is 4.62. The second-order valence-electron chi connectivity index (χ2n) is 7.23. The maximum absolute atomic E-state index is 14.8. The van der Waals surface area contributed by atoms with Gasteiger partial charge in [0.15, 0.2) is 0 Å². The SMILES string of the molecule is CCN(Cc1ccc(C(F)(F)F)cn1)C(=O)c1cc2c(cc1F)nc(N)c1c2cnn1C. The average molecular weight is 446 g/mol. The number of benzene rings is 1. The van der Waals surface area contributed by atoms with E-state index in [0.29, 0.717) is 22.5 Å². The van der Waals surface area contributed by atoms with Gasteiger partial charge in [-0.3, -0.25) is 14.5 Å². The Morgan fingerprint density at radius 3 is 2.56 bits per heavy atom. The van der Waals surface area contributed by atoms with Crippen molar-refractivity contribution in [2.24, 2.45) is 7.05 Å². The van der Waals surface area contributed by atoms with Gasteiger partial charge in [0.25, 0.3) is 5.91 Å². The molecule has 0 unspecified atom stereocenters. The second-order valence-corrected chi connectivity index (χ2v) is 7.23. The molecule has 0 atom stereocenters. The zero-order chi connectivity index (χ0) is 23.2. The van der Waals surface area contributed by atoms with Gasteiger partial charge in [0.2, 0.25) is 0 Å². The largest absolute Gasteiger partial charge is 0.417 e. The van der Waals surface area contributed by atoms with E-state index in [9.17, 15) is 22.4 Å².